The Balaban J connectivity index is 1.50. The lowest BCUT2D eigenvalue weighted by atomic mass is 10.2. The molecule has 0 aliphatic carbocycles. The number of para-hydroxylation sites is 1. The smallest absolute Gasteiger partial charge is 0.259 e. The van der Waals surface area contributed by atoms with E-state index < -0.39 is 0 Å². The van der Waals surface area contributed by atoms with E-state index in [4.69, 9.17) is 9.47 Å². The molecule has 1 aliphatic heterocycles. The zero-order chi connectivity index (χ0) is 19.5. The van der Waals surface area contributed by atoms with Crippen LogP contribution in [-0.4, -0.2) is 66.2 Å². The summed E-state index contributed by atoms with van der Waals surface area (Å²) in [6.45, 7) is 2.57. The van der Waals surface area contributed by atoms with Crippen molar-refractivity contribution < 1.29 is 14.3 Å². The highest BCUT2D eigenvalue weighted by molar-refractivity contribution is 5.96. The van der Waals surface area contributed by atoms with Gasteiger partial charge in [0.15, 0.2) is 0 Å². The van der Waals surface area contributed by atoms with E-state index in [1.54, 1.807) is 18.5 Å². The summed E-state index contributed by atoms with van der Waals surface area (Å²) in [7, 11) is 3.02. The third kappa shape index (κ3) is 3.28. The molecular weight excluding hydrogens is 358 g/mol. The third-order valence-electron chi connectivity index (χ3n) is 4.86. The van der Waals surface area contributed by atoms with Gasteiger partial charge in [0.2, 0.25) is 11.8 Å². The zero-order valence-electron chi connectivity index (χ0n) is 15.8. The first-order chi connectivity index (χ1) is 13.7. The number of pyridine rings is 1. The number of hydrogen-bond acceptors (Lipinski definition) is 7. The summed E-state index contributed by atoms with van der Waals surface area (Å²) >= 11 is 0. The van der Waals surface area contributed by atoms with Gasteiger partial charge in [0.25, 0.3) is 5.91 Å². The summed E-state index contributed by atoms with van der Waals surface area (Å²) in [6.07, 6.45) is 1.59. The number of carbonyl (C=O) groups is 1. The van der Waals surface area contributed by atoms with Gasteiger partial charge in [-0.25, -0.2) is 9.97 Å². The molecule has 0 spiro atoms. The fraction of sp³-hybridized carbons (Fsp3) is 0.300. The van der Waals surface area contributed by atoms with Crippen LogP contribution in [0.4, 0.5) is 5.82 Å². The standard InChI is InChI=1S/C20H21N5O3/c1-27-17-8-7-15(19(23-17)28-2)20(26)25-11-9-24(10-12-25)18-14-5-3-4-6-16(14)21-13-22-18/h3-8,13H,9-12H2,1-2H3. The average molecular weight is 379 g/mol. The topological polar surface area (TPSA) is 80.7 Å². The number of anilines is 1. The van der Waals surface area contributed by atoms with Crippen molar-refractivity contribution in [2.24, 2.45) is 0 Å². The second-order valence-electron chi connectivity index (χ2n) is 6.40. The van der Waals surface area contributed by atoms with Crippen molar-refractivity contribution in [3.63, 3.8) is 0 Å². The van der Waals surface area contributed by atoms with Crippen LogP contribution in [0.5, 0.6) is 11.8 Å². The molecule has 144 valence electrons. The highest BCUT2D eigenvalue weighted by Gasteiger charge is 2.26. The molecule has 4 rings (SSSR count). The van der Waals surface area contributed by atoms with Crippen LogP contribution in [0.3, 0.4) is 0 Å². The first-order valence-electron chi connectivity index (χ1n) is 9.04. The SMILES string of the molecule is COc1ccc(C(=O)N2CCN(c3ncnc4ccccc34)CC2)c(OC)n1. The maximum absolute atomic E-state index is 13.0. The maximum atomic E-state index is 13.0. The van der Waals surface area contributed by atoms with Crippen molar-refractivity contribution >= 4 is 22.6 Å². The summed E-state index contributed by atoms with van der Waals surface area (Å²) in [5.74, 6) is 1.49. The van der Waals surface area contributed by atoms with E-state index in [2.05, 4.69) is 19.9 Å². The summed E-state index contributed by atoms with van der Waals surface area (Å²) in [4.78, 5) is 30.0. The van der Waals surface area contributed by atoms with Gasteiger partial charge in [0, 0.05) is 37.6 Å². The molecule has 3 heterocycles. The number of amides is 1. The van der Waals surface area contributed by atoms with Crippen LogP contribution in [0.25, 0.3) is 10.9 Å². The highest BCUT2D eigenvalue weighted by Crippen LogP contribution is 2.25. The Bertz CT molecular complexity index is 997. The quantitative estimate of drug-likeness (QED) is 0.686. The molecule has 1 aromatic carbocycles. The van der Waals surface area contributed by atoms with Gasteiger partial charge >= 0.3 is 0 Å². The van der Waals surface area contributed by atoms with Crippen molar-refractivity contribution in [2.45, 2.75) is 0 Å². The lowest BCUT2D eigenvalue weighted by molar-refractivity contribution is 0.0742. The Labute approximate surface area is 162 Å². The molecule has 1 fully saturated rings. The molecule has 8 heteroatoms. The van der Waals surface area contributed by atoms with Crippen molar-refractivity contribution in [3.8, 4) is 11.8 Å². The van der Waals surface area contributed by atoms with Gasteiger partial charge in [-0.1, -0.05) is 12.1 Å². The van der Waals surface area contributed by atoms with Crippen LogP contribution in [-0.2, 0) is 0 Å². The fourth-order valence-corrected chi connectivity index (χ4v) is 3.39. The molecule has 2 aromatic heterocycles. The lowest BCUT2D eigenvalue weighted by Gasteiger charge is -2.35. The minimum absolute atomic E-state index is 0.0980. The van der Waals surface area contributed by atoms with Crippen molar-refractivity contribution in [1.29, 1.82) is 0 Å². The lowest BCUT2D eigenvalue weighted by Crippen LogP contribution is -2.49. The largest absolute Gasteiger partial charge is 0.481 e. The predicted octanol–water partition coefficient (Wildman–Crippen LogP) is 2.00. The van der Waals surface area contributed by atoms with Gasteiger partial charge in [-0.15, -0.1) is 0 Å². The molecule has 0 unspecified atom stereocenters. The minimum atomic E-state index is -0.0980. The van der Waals surface area contributed by atoms with Crippen molar-refractivity contribution in [2.75, 3.05) is 45.3 Å². The maximum Gasteiger partial charge on any atom is 0.259 e. The summed E-state index contributed by atoms with van der Waals surface area (Å²) < 4.78 is 10.4. The number of aromatic nitrogens is 3. The van der Waals surface area contributed by atoms with E-state index in [0.717, 1.165) is 16.7 Å². The average Bonchev–Trinajstić information content (AvgIpc) is 2.78. The molecule has 0 N–H and O–H groups in total. The fourth-order valence-electron chi connectivity index (χ4n) is 3.39. The first kappa shape index (κ1) is 18.0. The molecule has 8 nitrogen and oxygen atoms in total. The molecule has 1 saturated heterocycles. The Kier molecular flexibility index (Phi) is 4.92. The van der Waals surface area contributed by atoms with E-state index in [1.807, 2.05) is 29.2 Å². The number of ether oxygens (including phenoxy) is 2. The van der Waals surface area contributed by atoms with E-state index >= 15 is 0 Å². The molecule has 0 atom stereocenters. The third-order valence-corrected chi connectivity index (χ3v) is 4.86. The first-order valence-corrected chi connectivity index (χ1v) is 9.04. The Morgan fingerprint density at radius 3 is 2.50 bits per heavy atom. The van der Waals surface area contributed by atoms with Gasteiger partial charge < -0.3 is 19.3 Å². The molecule has 0 radical (unpaired) electrons. The van der Waals surface area contributed by atoms with Gasteiger partial charge in [0.05, 0.1) is 19.7 Å². The van der Waals surface area contributed by atoms with Crippen LogP contribution in [0.1, 0.15) is 10.4 Å². The van der Waals surface area contributed by atoms with E-state index in [0.29, 0.717) is 37.6 Å². The van der Waals surface area contributed by atoms with Crippen LogP contribution in [0, 0.1) is 0 Å². The minimum Gasteiger partial charge on any atom is -0.481 e. The Morgan fingerprint density at radius 1 is 0.964 bits per heavy atom. The molecule has 0 saturated carbocycles. The number of piperazine rings is 1. The molecule has 3 aromatic rings. The molecule has 0 bridgehead atoms. The number of methoxy groups -OCH3 is 2. The Morgan fingerprint density at radius 2 is 1.75 bits per heavy atom. The predicted molar refractivity (Wildman–Crippen MR) is 105 cm³/mol. The van der Waals surface area contributed by atoms with Crippen LogP contribution in [0.2, 0.25) is 0 Å². The number of hydrogen-bond donors (Lipinski definition) is 0. The summed E-state index contributed by atoms with van der Waals surface area (Å²) in [5.41, 5.74) is 1.35. The summed E-state index contributed by atoms with van der Waals surface area (Å²) in [5, 5.41) is 1.02. The van der Waals surface area contributed by atoms with Crippen LogP contribution < -0.4 is 14.4 Å². The number of benzene rings is 1. The van der Waals surface area contributed by atoms with Gasteiger partial charge in [0.1, 0.15) is 17.7 Å². The molecule has 1 amide bonds. The van der Waals surface area contributed by atoms with Gasteiger partial charge in [-0.05, 0) is 18.2 Å². The zero-order valence-corrected chi connectivity index (χ0v) is 15.8. The molecule has 28 heavy (non-hydrogen) atoms. The van der Waals surface area contributed by atoms with Crippen LogP contribution in [0.15, 0.2) is 42.7 Å². The Hall–Kier alpha value is -3.42. The van der Waals surface area contributed by atoms with Crippen molar-refractivity contribution in [1.82, 2.24) is 19.9 Å². The number of rotatable bonds is 4. The van der Waals surface area contributed by atoms with E-state index in [-0.39, 0.29) is 11.8 Å². The van der Waals surface area contributed by atoms with E-state index in [9.17, 15) is 4.79 Å². The normalized spacial score (nSPS) is 14.2. The van der Waals surface area contributed by atoms with Crippen LogP contribution >= 0.6 is 0 Å². The van der Waals surface area contributed by atoms with Crippen molar-refractivity contribution in [3.05, 3.63) is 48.3 Å². The number of nitrogens with zero attached hydrogens (tertiary/aromatic N) is 5. The van der Waals surface area contributed by atoms with Gasteiger partial charge in [-0.3, -0.25) is 4.79 Å². The van der Waals surface area contributed by atoms with Gasteiger partial charge in [-0.2, -0.15) is 4.98 Å². The second kappa shape index (κ2) is 7.67. The number of carbonyl (C=O) groups excluding carboxylic acids is 1. The number of fused-ring (bicyclic) bond motifs is 1. The second-order valence-corrected chi connectivity index (χ2v) is 6.40. The monoisotopic (exact) mass is 379 g/mol. The summed E-state index contributed by atoms with van der Waals surface area (Å²) in [6, 6.07) is 11.3. The van der Waals surface area contributed by atoms with E-state index in [1.165, 1.54) is 14.2 Å². The molecule has 1 aliphatic rings. The highest BCUT2D eigenvalue weighted by atomic mass is 16.5. The molecular formula is C20H21N5O3.